The lowest BCUT2D eigenvalue weighted by atomic mass is 10.0. The summed E-state index contributed by atoms with van der Waals surface area (Å²) in [5.41, 5.74) is 2.24. The molecule has 0 aliphatic carbocycles. The first-order valence-corrected chi connectivity index (χ1v) is 8.14. The zero-order chi connectivity index (χ0) is 14.1. The maximum atomic E-state index is 4.45. The summed E-state index contributed by atoms with van der Waals surface area (Å²) in [7, 11) is 0. The van der Waals surface area contributed by atoms with Crippen molar-refractivity contribution >= 4 is 5.65 Å². The highest BCUT2D eigenvalue weighted by Crippen LogP contribution is 2.22. The van der Waals surface area contributed by atoms with Crippen LogP contribution in [0.1, 0.15) is 31.2 Å². The highest BCUT2D eigenvalue weighted by atomic mass is 15.3. The summed E-state index contributed by atoms with van der Waals surface area (Å²) < 4.78 is 1.87. The Hall–Kier alpha value is -1.46. The minimum Gasteiger partial charge on any atom is -0.300 e. The number of likely N-dealkylation sites (tertiary alicyclic amines) is 2. The van der Waals surface area contributed by atoms with E-state index in [4.69, 9.17) is 0 Å². The van der Waals surface area contributed by atoms with Crippen LogP contribution < -0.4 is 0 Å². The third kappa shape index (κ3) is 2.68. The fourth-order valence-electron chi connectivity index (χ4n) is 3.78. The minimum absolute atomic E-state index is 0.825. The van der Waals surface area contributed by atoms with Crippen LogP contribution in [0.15, 0.2) is 24.7 Å². The number of fused-ring (bicyclic) bond motifs is 1. The molecular weight excluding hydrogens is 262 g/mol. The minimum atomic E-state index is 0.825. The first-order valence-electron chi connectivity index (χ1n) is 8.14. The van der Waals surface area contributed by atoms with Gasteiger partial charge in [0.15, 0.2) is 5.65 Å². The summed E-state index contributed by atoms with van der Waals surface area (Å²) in [6, 6.07) is 2.75. The van der Waals surface area contributed by atoms with E-state index < -0.39 is 0 Å². The number of nitrogens with zero attached hydrogens (tertiary/aromatic N) is 5. The van der Waals surface area contributed by atoms with Crippen LogP contribution in [-0.2, 0) is 6.54 Å². The number of rotatable bonds is 3. The highest BCUT2D eigenvalue weighted by Gasteiger charge is 2.26. The molecule has 2 fully saturated rings. The average Bonchev–Trinajstić information content (AvgIpc) is 3.19. The van der Waals surface area contributed by atoms with Gasteiger partial charge < -0.3 is 4.90 Å². The summed E-state index contributed by atoms with van der Waals surface area (Å²) in [5, 5.41) is 4.38. The molecule has 0 unspecified atom stereocenters. The van der Waals surface area contributed by atoms with Gasteiger partial charge in [-0.05, 0) is 57.9 Å². The molecule has 0 radical (unpaired) electrons. The van der Waals surface area contributed by atoms with Crippen molar-refractivity contribution in [2.24, 2.45) is 0 Å². The van der Waals surface area contributed by atoms with Crippen molar-refractivity contribution in [2.45, 2.75) is 38.3 Å². The van der Waals surface area contributed by atoms with Crippen molar-refractivity contribution < 1.29 is 0 Å². The second-order valence-electron chi connectivity index (χ2n) is 6.31. The SMILES string of the molecule is c1cnc2c(CN3CCC(N4CCCC4)CC3)cnn2c1. The van der Waals surface area contributed by atoms with Crippen molar-refractivity contribution in [1.29, 1.82) is 0 Å². The Morgan fingerprint density at radius 2 is 1.90 bits per heavy atom. The van der Waals surface area contributed by atoms with Crippen LogP contribution in [0.3, 0.4) is 0 Å². The van der Waals surface area contributed by atoms with Gasteiger partial charge in [-0.1, -0.05) is 0 Å². The van der Waals surface area contributed by atoms with Crippen LogP contribution in [0.25, 0.3) is 5.65 Å². The largest absolute Gasteiger partial charge is 0.300 e. The monoisotopic (exact) mass is 285 g/mol. The topological polar surface area (TPSA) is 36.7 Å². The molecule has 0 spiro atoms. The molecule has 2 saturated heterocycles. The fourth-order valence-corrected chi connectivity index (χ4v) is 3.78. The van der Waals surface area contributed by atoms with Crippen LogP contribution in [0.2, 0.25) is 0 Å². The molecule has 0 aromatic carbocycles. The third-order valence-corrected chi connectivity index (χ3v) is 4.96. The van der Waals surface area contributed by atoms with Gasteiger partial charge in [0, 0.05) is 30.5 Å². The number of hydrogen-bond donors (Lipinski definition) is 0. The second kappa shape index (κ2) is 5.73. The van der Waals surface area contributed by atoms with Crippen LogP contribution in [0, 0.1) is 0 Å². The average molecular weight is 285 g/mol. The molecule has 21 heavy (non-hydrogen) atoms. The number of hydrogen-bond acceptors (Lipinski definition) is 4. The molecule has 5 nitrogen and oxygen atoms in total. The van der Waals surface area contributed by atoms with Crippen LogP contribution in [0.4, 0.5) is 0 Å². The summed E-state index contributed by atoms with van der Waals surface area (Å²) in [6.07, 6.45) is 11.2. The molecule has 0 N–H and O–H groups in total. The molecule has 0 bridgehead atoms. The summed E-state index contributed by atoms with van der Waals surface area (Å²) in [4.78, 5) is 9.71. The van der Waals surface area contributed by atoms with E-state index in [9.17, 15) is 0 Å². The van der Waals surface area contributed by atoms with Gasteiger partial charge >= 0.3 is 0 Å². The molecule has 0 atom stereocenters. The maximum Gasteiger partial charge on any atom is 0.159 e. The Balaban J connectivity index is 1.38. The van der Waals surface area contributed by atoms with Gasteiger partial charge in [-0.25, -0.2) is 9.50 Å². The van der Waals surface area contributed by atoms with Crippen LogP contribution >= 0.6 is 0 Å². The molecule has 0 saturated carbocycles. The lowest BCUT2D eigenvalue weighted by molar-refractivity contribution is 0.123. The molecule has 5 heteroatoms. The van der Waals surface area contributed by atoms with E-state index in [2.05, 4.69) is 19.9 Å². The first-order chi connectivity index (χ1) is 10.4. The van der Waals surface area contributed by atoms with Crippen molar-refractivity contribution in [2.75, 3.05) is 26.2 Å². The van der Waals surface area contributed by atoms with Crippen LogP contribution in [0.5, 0.6) is 0 Å². The Labute approximate surface area is 125 Å². The van der Waals surface area contributed by atoms with Gasteiger partial charge in [-0.2, -0.15) is 5.10 Å². The van der Waals surface area contributed by atoms with Crippen molar-refractivity contribution in [1.82, 2.24) is 24.4 Å². The molecular formula is C16H23N5. The van der Waals surface area contributed by atoms with E-state index in [0.717, 1.165) is 18.2 Å². The van der Waals surface area contributed by atoms with E-state index in [-0.39, 0.29) is 0 Å². The molecule has 2 aliphatic rings. The normalized spacial score (nSPS) is 22.3. The predicted molar refractivity (Wildman–Crippen MR) is 82.1 cm³/mol. The van der Waals surface area contributed by atoms with Crippen LogP contribution in [-0.4, -0.2) is 56.6 Å². The van der Waals surface area contributed by atoms with Crippen molar-refractivity contribution in [3.8, 4) is 0 Å². The van der Waals surface area contributed by atoms with E-state index in [1.165, 1.54) is 57.4 Å². The summed E-state index contributed by atoms with van der Waals surface area (Å²) in [5.74, 6) is 0. The molecule has 112 valence electrons. The lowest BCUT2D eigenvalue weighted by Crippen LogP contribution is -2.43. The molecule has 4 rings (SSSR count). The molecule has 4 heterocycles. The van der Waals surface area contributed by atoms with Gasteiger partial charge in [0.05, 0.1) is 6.20 Å². The fraction of sp³-hybridized carbons (Fsp3) is 0.625. The Morgan fingerprint density at radius 1 is 1.10 bits per heavy atom. The van der Waals surface area contributed by atoms with E-state index >= 15 is 0 Å². The van der Waals surface area contributed by atoms with Gasteiger partial charge in [0.2, 0.25) is 0 Å². The maximum absolute atomic E-state index is 4.45. The summed E-state index contributed by atoms with van der Waals surface area (Å²) in [6.45, 7) is 6.02. The van der Waals surface area contributed by atoms with Crippen molar-refractivity contribution in [3.05, 3.63) is 30.2 Å². The van der Waals surface area contributed by atoms with Gasteiger partial charge in [-0.3, -0.25) is 4.90 Å². The quantitative estimate of drug-likeness (QED) is 0.861. The smallest absolute Gasteiger partial charge is 0.159 e. The highest BCUT2D eigenvalue weighted by molar-refractivity contribution is 5.45. The molecule has 2 aromatic heterocycles. The molecule has 0 amide bonds. The second-order valence-corrected chi connectivity index (χ2v) is 6.31. The van der Waals surface area contributed by atoms with Gasteiger partial charge in [-0.15, -0.1) is 0 Å². The third-order valence-electron chi connectivity index (χ3n) is 4.96. The van der Waals surface area contributed by atoms with Gasteiger partial charge in [0.1, 0.15) is 0 Å². The lowest BCUT2D eigenvalue weighted by Gasteiger charge is -2.36. The zero-order valence-electron chi connectivity index (χ0n) is 12.5. The van der Waals surface area contributed by atoms with E-state index in [1.807, 2.05) is 29.2 Å². The number of aromatic nitrogens is 3. The van der Waals surface area contributed by atoms with E-state index in [1.54, 1.807) is 0 Å². The molecule has 2 aromatic rings. The molecule has 2 aliphatic heterocycles. The Kier molecular flexibility index (Phi) is 3.61. The van der Waals surface area contributed by atoms with E-state index in [0.29, 0.717) is 0 Å². The zero-order valence-corrected chi connectivity index (χ0v) is 12.5. The standard InChI is InChI=1S/C16H23N5/c1-2-8-20(7-1)15-4-10-19(11-5-15)13-14-12-18-21-9-3-6-17-16(14)21/h3,6,9,12,15H,1-2,4-5,7-8,10-11,13H2. The summed E-state index contributed by atoms with van der Waals surface area (Å²) >= 11 is 0. The van der Waals surface area contributed by atoms with Crippen molar-refractivity contribution in [3.63, 3.8) is 0 Å². The first kappa shape index (κ1) is 13.2. The Bertz CT molecular complexity index is 593. The predicted octanol–water partition coefficient (Wildman–Crippen LogP) is 1.79. The Morgan fingerprint density at radius 3 is 2.71 bits per heavy atom. The number of piperidine rings is 1. The van der Waals surface area contributed by atoms with Gasteiger partial charge in [0.25, 0.3) is 0 Å².